The lowest BCUT2D eigenvalue weighted by atomic mass is 10.1. The molecule has 0 saturated carbocycles. The number of ether oxygens (including phenoxy) is 1. The highest BCUT2D eigenvalue weighted by atomic mass is 32.2. The van der Waals surface area contributed by atoms with Gasteiger partial charge in [0.05, 0.1) is 17.9 Å². The number of hydrogen-bond donors (Lipinski definition) is 1. The Balaban J connectivity index is 1.39. The van der Waals surface area contributed by atoms with Gasteiger partial charge in [-0.3, -0.25) is 9.59 Å². The number of anilines is 2. The van der Waals surface area contributed by atoms with Gasteiger partial charge in [-0.2, -0.15) is 4.31 Å². The van der Waals surface area contributed by atoms with Gasteiger partial charge in [-0.05, 0) is 42.0 Å². The van der Waals surface area contributed by atoms with Crippen molar-refractivity contribution in [1.82, 2.24) is 4.31 Å². The summed E-state index contributed by atoms with van der Waals surface area (Å²) in [5.74, 6) is -0.316. The fraction of sp³-hybridized carbons (Fsp3) is 0.231. The van der Waals surface area contributed by atoms with E-state index in [0.29, 0.717) is 17.1 Å². The van der Waals surface area contributed by atoms with Gasteiger partial charge in [0, 0.05) is 44.0 Å². The average Bonchev–Trinajstić information content (AvgIpc) is 3.26. The van der Waals surface area contributed by atoms with Gasteiger partial charge in [0.15, 0.2) is 0 Å². The van der Waals surface area contributed by atoms with E-state index in [1.54, 1.807) is 48.4 Å². The number of sulfonamides is 1. The number of nitrogens with zero attached hydrogens (tertiary/aromatic N) is 2. The predicted molar refractivity (Wildman–Crippen MR) is 134 cm³/mol. The molecule has 1 aliphatic rings. The van der Waals surface area contributed by atoms with Crippen molar-refractivity contribution in [3.8, 4) is 5.75 Å². The van der Waals surface area contributed by atoms with Gasteiger partial charge in [0.2, 0.25) is 21.8 Å². The topological polar surface area (TPSA) is 96.0 Å². The number of amides is 2. The second-order valence-corrected chi connectivity index (χ2v) is 10.4. The highest BCUT2D eigenvalue weighted by molar-refractivity contribution is 7.89. The molecule has 8 nitrogen and oxygen atoms in total. The fourth-order valence-corrected chi connectivity index (χ4v) is 5.13. The average molecular weight is 494 g/mol. The number of rotatable bonds is 8. The largest absolute Gasteiger partial charge is 0.497 e. The minimum Gasteiger partial charge on any atom is -0.497 e. The van der Waals surface area contributed by atoms with Gasteiger partial charge < -0.3 is 15.0 Å². The molecule has 2 amide bonds. The van der Waals surface area contributed by atoms with Crippen molar-refractivity contribution in [1.29, 1.82) is 0 Å². The summed E-state index contributed by atoms with van der Waals surface area (Å²) in [6.07, 6.45) is 0.0970. The number of methoxy groups -OCH3 is 1. The molecular formula is C26H27N3O5S. The summed E-state index contributed by atoms with van der Waals surface area (Å²) in [7, 11) is -0.604. The highest BCUT2D eigenvalue weighted by Gasteiger charge is 2.35. The van der Waals surface area contributed by atoms with E-state index < -0.39 is 15.9 Å². The second-order valence-electron chi connectivity index (χ2n) is 8.37. The van der Waals surface area contributed by atoms with Crippen LogP contribution >= 0.6 is 0 Å². The van der Waals surface area contributed by atoms with Crippen LogP contribution in [0.15, 0.2) is 83.8 Å². The first-order valence-electron chi connectivity index (χ1n) is 11.1. The fourth-order valence-electron chi connectivity index (χ4n) is 3.97. The first kappa shape index (κ1) is 24.4. The minimum absolute atomic E-state index is 0.0970. The molecule has 0 aromatic heterocycles. The molecule has 182 valence electrons. The van der Waals surface area contributed by atoms with Gasteiger partial charge in [-0.15, -0.1) is 0 Å². The van der Waals surface area contributed by atoms with Crippen LogP contribution in [0.25, 0.3) is 0 Å². The zero-order valence-corrected chi connectivity index (χ0v) is 20.4. The van der Waals surface area contributed by atoms with E-state index in [2.05, 4.69) is 5.32 Å². The van der Waals surface area contributed by atoms with Gasteiger partial charge >= 0.3 is 0 Å². The number of nitrogens with one attached hydrogen (secondary N) is 1. The molecule has 3 aromatic rings. The van der Waals surface area contributed by atoms with Crippen LogP contribution in [0.4, 0.5) is 11.4 Å². The third-order valence-corrected chi connectivity index (χ3v) is 7.76. The van der Waals surface area contributed by atoms with Crippen LogP contribution in [0.1, 0.15) is 12.0 Å². The summed E-state index contributed by atoms with van der Waals surface area (Å²) < 4.78 is 32.3. The lowest BCUT2D eigenvalue weighted by molar-refractivity contribution is -0.122. The van der Waals surface area contributed by atoms with E-state index in [0.717, 1.165) is 5.56 Å². The maximum Gasteiger partial charge on any atom is 0.243 e. The standard InChI is InChI=1S/C26H27N3O5S/c1-28(17-19-7-4-3-5-8-19)35(32,33)24-13-11-21(12-14-24)27-26(31)20-15-25(30)29(18-20)22-9-6-10-23(16-22)34-2/h3-14,16,20H,15,17-18H2,1-2H3,(H,27,31)/t20-/m1/s1. The summed E-state index contributed by atoms with van der Waals surface area (Å²) in [6.45, 7) is 0.510. The Morgan fingerprint density at radius 3 is 2.46 bits per heavy atom. The van der Waals surface area contributed by atoms with Crippen LogP contribution in [-0.4, -0.2) is 45.2 Å². The summed E-state index contributed by atoms with van der Waals surface area (Å²) in [4.78, 5) is 27.0. The Kier molecular flexibility index (Phi) is 7.18. The van der Waals surface area contributed by atoms with E-state index in [-0.39, 0.29) is 36.2 Å². The van der Waals surface area contributed by atoms with Crippen molar-refractivity contribution < 1.29 is 22.7 Å². The predicted octanol–water partition coefficient (Wildman–Crippen LogP) is 3.51. The molecule has 0 radical (unpaired) electrons. The maximum absolute atomic E-state index is 12.9. The number of carbonyl (C=O) groups is 2. The summed E-state index contributed by atoms with van der Waals surface area (Å²) >= 11 is 0. The molecule has 1 saturated heterocycles. The van der Waals surface area contributed by atoms with E-state index in [9.17, 15) is 18.0 Å². The first-order valence-corrected chi connectivity index (χ1v) is 12.6. The van der Waals surface area contributed by atoms with E-state index in [4.69, 9.17) is 4.74 Å². The lowest BCUT2D eigenvalue weighted by Gasteiger charge is -2.18. The van der Waals surface area contributed by atoms with Gasteiger partial charge in [-0.25, -0.2) is 8.42 Å². The Morgan fingerprint density at radius 1 is 1.06 bits per heavy atom. The monoisotopic (exact) mass is 493 g/mol. The maximum atomic E-state index is 12.9. The number of benzene rings is 3. The quantitative estimate of drug-likeness (QED) is 0.518. The zero-order chi connectivity index (χ0) is 25.0. The van der Waals surface area contributed by atoms with Gasteiger partial charge in [0.25, 0.3) is 0 Å². The molecular weight excluding hydrogens is 466 g/mol. The van der Waals surface area contributed by atoms with Crippen LogP contribution in [0, 0.1) is 5.92 Å². The third kappa shape index (κ3) is 5.52. The van der Waals surface area contributed by atoms with Crippen molar-refractivity contribution in [2.24, 2.45) is 5.92 Å². The van der Waals surface area contributed by atoms with Crippen molar-refractivity contribution in [3.05, 3.63) is 84.4 Å². The molecule has 1 heterocycles. The molecule has 0 unspecified atom stereocenters. The van der Waals surface area contributed by atoms with Crippen LogP contribution in [0.5, 0.6) is 5.75 Å². The van der Waals surface area contributed by atoms with Crippen molar-refractivity contribution in [2.75, 3.05) is 30.9 Å². The third-order valence-electron chi connectivity index (χ3n) is 5.94. The minimum atomic E-state index is -3.69. The van der Waals surface area contributed by atoms with Crippen LogP contribution in [-0.2, 0) is 26.2 Å². The molecule has 0 spiro atoms. The second kappa shape index (κ2) is 10.3. The van der Waals surface area contributed by atoms with Gasteiger partial charge in [0.1, 0.15) is 5.75 Å². The smallest absolute Gasteiger partial charge is 0.243 e. The molecule has 35 heavy (non-hydrogen) atoms. The van der Waals surface area contributed by atoms with Crippen LogP contribution in [0.2, 0.25) is 0 Å². The molecule has 4 rings (SSSR count). The molecule has 1 atom stereocenters. The summed E-state index contributed by atoms with van der Waals surface area (Å²) in [5.41, 5.74) is 2.03. The van der Waals surface area contributed by atoms with E-state index in [1.807, 2.05) is 30.3 Å². The Bertz CT molecular complexity index is 1310. The molecule has 0 bridgehead atoms. The number of hydrogen-bond acceptors (Lipinski definition) is 5. The molecule has 3 aromatic carbocycles. The molecule has 1 aliphatic heterocycles. The first-order chi connectivity index (χ1) is 16.8. The van der Waals surface area contributed by atoms with E-state index in [1.165, 1.54) is 23.5 Å². The van der Waals surface area contributed by atoms with E-state index >= 15 is 0 Å². The summed E-state index contributed by atoms with van der Waals surface area (Å²) in [5, 5.41) is 2.80. The van der Waals surface area contributed by atoms with Gasteiger partial charge in [-0.1, -0.05) is 36.4 Å². The molecule has 1 N–H and O–H groups in total. The van der Waals surface area contributed by atoms with Crippen LogP contribution < -0.4 is 15.0 Å². The Hall–Kier alpha value is -3.69. The molecule has 0 aliphatic carbocycles. The molecule has 9 heteroatoms. The Morgan fingerprint density at radius 2 is 1.77 bits per heavy atom. The van der Waals surface area contributed by atoms with Crippen molar-refractivity contribution in [3.63, 3.8) is 0 Å². The zero-order valence-electron chi connectivity index (χ0n) is 19.5. The number of carbonyl (C=O) groups excluding carboxylic acids is 2. The molecule has 1 fully saturated rings. The Labute approximate surface area is 205 Å². The highest BCUT2D eigenvalue weighted by Crippen LogP contribution is 2.29. The van der Waals surface area contributed by atoms with Crippen molar-refractivity contribution in [2.45, 2.75) is 17.9 Å². The summed E-state index contributed by atoms with van der Waals surface area (Å²) in [6, 6.07) is 22.5. The lowest BCUT2D eigenvalue weighted by Crippen LogP contribution is -2.28. The SMILES string of the molecule is COc1cccc(N2C[C@H](C(=O)Nc3ccc(S(=O)(=O)N(C)Cc4ccccc4)cc3)CC2=O)c1. The normalized spacial score (nSPS) is 15.9. The van der Waals surface area contributed by atoms with Crippen molar-refractivity contribution >= 4 is 33.2 Å². The van der Waals surface area contributed by atoms with Crippen LogP contribution in [0.3, 0.4) is 0 Å².